The Bertz CT molecular complexity index is 742. The molecule has 3 rings (SSSR count). The quantitative estimate of drug-likeness (QED) is 0.840. The van der Waals surface area contributed by atoms with Crippen LogP contribution >= 0.6 is 11.6 Å². The van der Waals surface area contributed by atoms with Crippen molar-refractivity contribution in [3.63, 3.8) is 0 Å². The van der Waals surface area contributed by atoms with Gasteiger partial charge in [-0.15, -0.1) is 0 Å². The molecule has 1 aromatic heterocycles. The average molecular weight is 375 g/mol. The van der Waals surface area contributed by atoms with Gasteiger partial charge < -0.3 is 15.4 Å². The number of likely N-dealkylation sites (tertiary alicyclic amines) is 1. The number of anilines is 1. The molecule has 1 saturated heterocycles. The maximum atomic E-state index is 12.3. The van der Waals surface area contributed by atoms with Gasteiger partial charge in [-0.25, -0.2) is 4.79 Å². The number of hydrogen-bond donors (Lipinski definition) is 2. The van der Waals surface area contributed by atoms with Gasteiger partial charge in [0.05, 0.1) is 12.1 Å². The second-order valence-electron chi connectivity index (χ2n) is 6.38. The van der Waals surface area contributed by atoms with E-state index in [0.29, 0.717) is 16.5 Å². The van der Waals surface area contributed by atoms with Gasteiger partial charge in [0.15, 0.2) is 0 Å². The van der Waals surface area contributed by atoms with Gasteiger partial charge in [-0.2, -0.15) is 0 Å². The Hall–Kier alpha value is -2.31. The number of benzene rings is 1. The van der Waals surface area contributed by atoms with Crippen molar-refractivity contribution >= 4 is 23.3 Å². The molecule has 2 heterocycles. The standard InChI is InChI=1S/C19H23ClN4O2/c1-26-18-7-6-15(10-17(18)20)22-19(25)23-16-5-3-9-24(13-16)12-14-4-2-8-21-11-14/h2,4,6-8,10-11,16H,3,5,9,12-13H2,1H3,(H2,22,23,25). The van der Waals surface area contributed by atoms with Crippen molar-refractivity contribution in [2.45, 2.75) is 25.4 Å². The third-order valence-corrected chi connectivity index (χ3v) is 4.67. The highest BCUT2D eigenvalue weighted by atomic mass is 35.5. The van der Waals surface area contributed by atoms with Crippen LogP contribution in [0.3, 0.4) is 0 Å². The van der Waals surface area contributed by atoms with Gasteiger partial charge in [0.1, 0.15) is 5.75 Å². The molecule has 1 atom stereocenters. The van der Waals surface area contributed by atoms with Crippen molar-refractivity contribution in [3.05, 3.63) is 53.3 Å². The number of nitrogens with zero attached hydrogens (tertiary/aromatic N) is 2. The molecule has 0 saturated carbocycles. The minimum atomic E-state index is -0.223. The topological polar surface area (TPSA) is 66.5 Å². The number of amides is 2. The first-order chi connectivity index (χ1) is 12.6. The van der Waals surface area contributed by atoms with Gasteiger partial charge in [-0.3, -0.25) is 9.88 Å². The van der Waals surface area contributed by atoms with E-state index in [-0.39, 0.29) is 12.1 Å². The summed E-state index contributed by atoms with van der Waals surface area (Å²) in [5.74, 6) is 0.580. The second kappa shape index (κ2) is 8.87. The van der Waals surface area contributed by atoms with Crippen LogP contribution in [0.1, 0.15) is 18.4 Å². The third kappa shape index (κ3) is 5.09. The molecule has 0 aliphatic carbocycles. The summed E-state index contributed by atoms with van der Waals surface area (Å²) in [5, 5.41) is 6.34. The number of piperidine rings is 1. The number of methoxy groups -OCH3 is 1. The maximum Gasteiger partial charge on any atom is 0.319 e. The van der Waals surface area contributed by atoms with E-state index in [1.165, 1.54) is 5.56 Å². The fraction of sp³-hybridized carbons (Fsp3) is 0.368. The van der Waals surface area contributed by atoms with E-state index >= 15 is 0 Å². The minimum Gasteiger partial charge on any atom is -0.495 e. The largest absolute Gasteiger partial charge is 0.495 e. The Kier molecular flexibility index (Phi) is 6.30. The summed E-state index contributed by atoms with van der Waals surface area (Å²) in [5.41, 5.74) is 1.82. The molecule has 26 heavy (non-hydrogen) atoms. The molecule has 1 fully saturated rings. The number of carbonyl (C=O) groups is 1. The van der Waals surface area contributed by atoms with Crippen molar-refractivity contribution in [1.82, 2.24) is 15.2 Å². The van der Waals surface area contributed by atoms with Gasteiger partial charge in [-0.05, 0) is 49.2 Å². The summed E-state index contributed by atoms with van der Waals surface area (Å²) in [7, 11) is 1.56. The van der Waals surface area contributed by atoms with E-state index in [1.807, 2.05) is 12.3 Å². The Balaban J connectivity index is 1.51. The number of carbonyl (C=O) groups excluding carboxylic acids is 1. The lowest BCUT2D eigenvalue weighted by molar-refractivity contribution is 0.183. The van der Waals surface area contributed by atoms with E-state index < -0.39 is 0 Å². The van der Waals surface area contributed by atoms with Crippen LogP contribution in [0.2, 0.25) is 5.02 Å². The molecule has 1 aliphatic heterocycles. The first kappa shape index (κ1) is 18.5. The Labute approximate surface area is 158 Å². The van der Waals surface area contributed by atoms with E-state index in [2.05, 4.69) is 26.6 Å². The van der Waals surface area contributed by atoms with Gasteiger partial charge in [0.25, 0.3) is 0 Å². The normalized spacial score (nSPS) is 17.5. The zero-order chi connectivity index (χ0) is 18.4. The summed E-state index contributed by atoms with van der Waals surface area (Å²) < 4.78 is 5.12. The third-order valence-electron chi connectivity index (χ3n) is 4.38. The van der Waals surface area contributed by atoms with E-state index in [1.54, 1.807) is 31.5 Å². The average Bonchev–Trinajstić information content (AvgIpc) is 2.63. The number of aromatic nitrogens is 1. The summed E-state index contributed by atoms with van der Waals surface area (Å²) in [4.78, 5) is 18.8. The molecule has 6 nitrogen and oxygen atoms in total. The van der Waals surface area contributed by atoms with Crippen LogP contribution in [0.15, 0.2) is 42.7 Å². The Morgan fingerprint density at radius 1 is 1.42 bits per heavy atom. The number of nitrogens with one attached hydrogen (secondary N) is 2. The fourth-order valence-corrected chi connectivity index (χ4v) is 3.42. The number of ether oxygens (including phenoxy) is 1. The van der Waals surface area contributed by atoms with Gasteiger partial charge in [0.2, 0.25) is 0 Å². The molecule has 2 N–H and O–H groups in total. The van der Waals surface area contributed by atoms with Crippen molar-refractivity contribution in [1.29, 1.82) is 0 Å². The van der Waals surface area contributed by atoms with Crippen LogP contribution in [-0.4, -0.2) is 42.2 Å². The van der Waals surface area contributed by atoms with Crippen molar-refractivity contribution in [2.75, 3.05) is 25.5 Å². The van der Waals surface area contributed by atoms with Gasteiger partial charge in [-0.1, -0.05) is 17.7 Å². The lowest BCUT2D eigenvalue weighted by atomic mass is 10.1. The SMILES string of the molecule is COc1ccc(NC(=O)NC2CCCN(Cc3cccnc3)C2)cc1Cl. The van der Waals surface area contributed by atoms with Gasteiger partial charge in [0, 0.05) is 37.2 Å². The summed E-state index contributed by atoms with van der Waals surface area (Å²) >= 11 is 6.09. The lowest BCUT2D eigenvalue weighted by Gasteiger charge is -2.33. The van der Waals surface area contributed by atoms with E-state index in [4.69, 9.17) is 16.3 Å². The number of hydrogen-bond acceptors (Lipinski definition) is 4. The Morgan fingerprint density at radius 3 is 3.04 bits per heavy atom. The molecule has 0 bridgehead atoms. The first-order valence-electron chi connectivity index (χ1n) is 8.66. The summed E-state index contributed by atoms with van der Waals surface area (Å²) in [6.07, 6.45) is 5.69. The van der Waals surface area contributed by atoms with Crippen LogP contribution in [0.4, 0.5) is 10.5 Å². The molecule has 1 unspecified atom stereocenters. The van der Waals surface area contributed by atoms with E-state index in [9.17, 15) is 4.79 Å². The molecule has 1 aliphatic rings. The van der Waals surface area contributed by atoms with Crippen LogP contribution in [0, 0.1) is 0 Å². The zero-order valence-electron chi connectivity index (χ0n) is 14.7. The highest BCUT2D eigenvalue weighted by Crippen LogP contribution is 2.27. The molecule has 0 spiro atoms. The number of pyridine rings is 1. The number of urea groups is 1. The smallest absolute Gasteiger partial charge is 0.319 e. The molecule has 138 valence electrons. The molecule has 2 amide bonds. The fourth-order valence-electron chi connectivity index (χ4n) is 3.16. The minimum absolute atomic E-state index is 0.120. The zero-order valence-corrected chi connectivity index (χ0v) is 15.5. The number of halogens is 1. The van der Waals surface area contributed by atoms with Crippen LogP contribution in [-0.2, 0) is 6.54 Å². The lowest BCUT2D eigenvalue weighted by Crippen LogP contribution is -2.48. The maximum absolute atomic E-state index is 12.3. The molecule has 1 aromatic carbocycles. The van der Waals surface area contributed by atoms with Crippen molar-refractivity contribution < 1.29 is 9.53 Å². The second-order valence-corrected chi connectivity index (χ2v) is 6.79. The Morgan fingerprint density at radius 2 is 2.31 bits per heavy atom. The molecule has 7 heteroatoms. The van der Waals surface area contributed by atoms with E-state index in [0.717, 1.165) is 32.5 Å². The first-order valence-corrected chi connectivity index (χ1v) is 9.04. The molecule has 2 aromatic rings. The van der Waals surface area contributed by atoms with Crippen LogP contribution < -0.4 is 15.4 Å². The summed E-state index contributed by atoms with van der Waals surface area (Å²) in [6.45, 7) is 2.70. The number of rotatable bonds is 5. The predicted octanol–water partition coefficient (Wildman–Crippen LogP) is 3.53. The molecular formula is C19H23ClN4O2. The van der Waals surface area contributed by atoms with Crippen LogP contribution in [0.25, 0.3) is 0 Å². The van der Waals surface area contributed by atoms with Crippen LogP contribution in [0.5, 0.6) is 5.75 Å². The highest BCUT2D eigenvalue weighted by Gasteiger charge is 2.21. The van der Waals surface area contributed by atoms with Crippen molar-refractivity contribution in [3.8, 4) is 5.75 Å². The molecule has 0 radical (unpaired) electrons. The highest BCUT2D eigenvalue weighted by molar-refractivity contribution is 6.32. The molecular weight excluding hydrogens is 352 g/mol. The van der Waals surface area contributed by atoms with Crippen molar-refractivity contribution in [2.24, 2.45) is 0 Å². The van der Waals surface area contributed by atoms with Gasteiger partial charge >= 0.3 is 6.03 Å². The summed E-state index contributed by atoms with van der Waals surface area (Å²) in [6, 6.07) is 9.09. The predicted molar refractivity (Wildman–Crippen MR) is 103 cm³/mol. The monoisotopic (exact) mass is 374 g/mol.